The normalized spacial score (nSPS) is 12.2. The number of aliphatic carboxylic acids is 1. The smallest absolute Gasteiger partial charge is 0.311 e. The second-order valence-electron chi connectivity index (χ2n) is 5.31. The van der Waals surface area contributed by atoms with Gasteiger partial charge in [-0.3, -0.25) is 9.59 Å². The Balaban J connectivity index is 1.92. The van der Waals surface area contributed by atoms with Crippen molar-refractivity contribution in [2.24, 2.45) is 0 Å². The molecule has 0 aliphatic rings. The molecule has 4 nitrogen and oxygen atoms in total. The molecule has 1 aromatic heterocycles. The summed E-state index contributed by atoms with van der Waals surface area (Å²) in [6.45, 7) is 0. The molecule has 1 heterocycles. The number of aromatic amines is 1. The summed E-state index contributed by atoms with van der Waals surface area (Å²) in [5.74, 6) is -2.13. The highest BCUT2D eigenvalue weighted by atomic mass is 35.5. The molecular weight excluding hydrogens is 314 g/mol. The zero-order chi connectivity index (χ0) is 16.4. The number of carbonyl (C=O) groups is 2. The summed E-state index contributed by atoms with van der Waals surface area (Å²) in [6.07, 6.45) is 1.57. The first-order valence-electron chi connectivity index (χ1n) is 7.14. The minimum Gasteiger partial charge on any atom is -0.481 e. The number of hydrogen-bond donors (Lipinski definition) is 2. The Morgan fingerprint density at radius 2 is 1.78 bits per heavy atom. The first-order chi connectivity index (χ1) is 11.1. The van der Waals surface area contributed by atoms with Gasteiger partial charge in [0.2, 0.25) is 0 Å². The molecule has 0 saturated carbocycles. The lowest BCUT2D eigenvalue weighted by Gasteiger charge is -2.11. The van der Waals surface area contributed by atoms with Gasteiger partial charge >= 0.3 is 5.97 Å². The van der Waals surface area contributed by atoms with E-state index in [9.17, 15) is 14.7 Å². The average Bonchev–Trinajstić information content (AvgIpc) is 2.96. The fourth-order valence-electron chi connectivity index (χ4n) is 2.65. The minimum atomic E-state index is -1.02. The molecule has 116 valence electrons. The van der Waals surface area contributed by atoms with Crippen LogP contribution in [-0.4, -0.2) is 21.8 Å². The van der Waals surface area contributed by atoms with Gasteiger partial charge in [-0.15, -0.1) is 0 Å². The van der Waals surface area contributed by atoms with Crippen LogP contribution in [0.4, 0.5) is 0 Å². The van der Waals surface area contributed by atoms with E-state index in [1.807, 2.05) is 24.3 Å². The van der Waals surface area contributed by atoms with Crippen molar-refractivity contribution in [3.8, 4) is 0 Å². The first kappa shape index (κ1) is 15.3. The summed E-state index contributed by atoms with van der Waals surface area (Å²) < 4.78 is 0. The summed E-state index contributed by atoms with van der Waals surface area (Å²) in [5.41, 5.74) is 1.93. The number of benzene rings is 2. The highest BCUT2D eigenvalue weighted by Gasteiger charge is 2.26. The molecule has 1 unspecified atom stereocenters. The zero-order valence-electron chi connectivity index (χ0n) is 12.1. The summed E-state index contributed by atoms with van der Waals surface area (Å²) in [7, 11) is 0. The van der Waals surface area contributed by atoms with E-state index in [0.29, 0.717) is 16.1 Å². The molecule has 5 heteroatoms. The molecule has 23 heavy (non-hydrogen) atoms. The van der Waals surface area contributed by atoms with Crippen LogP contribution >= 0.6 is 11.6 Å². The van der Waals surface area contributed by atoms with E-state index in [-0.39, 0.29) is 12.2 Å². The molecule has 2 N–H and O–H groups in total. The van der Waals surface area contributed by atoms with E-state index in [2.05, 4.69) is 4.98 Å². The van der Waals surface area contributed by atoms with Gasteiger partial charge in [-0.25, -0.2) is 0 Å². The van der Waals surface area contributed by atoms with E-state index in [1.165, 1.54) is 0 Å². The van der Waals surface area contributed by atoms with Crippen LogP contribution in [0.1, 0.15) is 28.3 Å². The predicted octanol–water partition coefficient (Wildman–Crippen LogP) is 4.26. The van der Waals surface area contributed by atoms with Crippen LogP contribution in [0.15, 0.2) is 54.7 Å². The second kappa shape index (κ2) is 6.26. The van der Waals surface area contributed by atoms with Crippen molar-refractivity contribution in [3.05, 3.63) is 70.9 Å². The fourth-order valence-corrected chi connectivity index (χ4v) is 2.78. The van der Waals surface area contributed by atoms with Crippen molar-refractivity contribution < 1.29 is 14.7 Å². The number of nitrogens with one attached hydrogen (secondary N) is 1. The monoisotopic (exact) mass is 327 g/mol. The zero-order valence-corrected chi connectivity index (χ0v) is 12.9. The highest BCUT2D eigenvalue weighted by Crippen LogP contribution is 2.29. The molecule has 2 aromatic carbocycles. The van der Waals surface area contributed by atoms with Crippen molar-refractivity contribution in [1.29, 1.82) is 0 Å². The van der Waals surface area contributed by atoms with Crippen molar-refractivity contribution in [2.45, 2.75) is 12.3 Å². The third-order valence-electron chi connectivity index (χ3n) is 3.85. The Morgan fingerprint density at radius 3 is 2.48 bits per heavy atom. The largest absolute Gasteiger partial charge is 0.481 e. The topological polar surface area (TPSA) is 70.2 Å². The van der Waals surface area contributed by atoms with Crippen LogP contribution in [0.5, 0.6) is 0 Å². The number of carbonyl (C=O) groups excluding carboxylic acids is 1. The van der Waals surface area contributed by atoms with Gasteiger partial charge in [0, 0.05) is 34.1 Å². The van der Waals surface area contributed by atoms with Crippen molar-refractivity contribution in [1.82, 2.24) is 4.98 Å². The third-order valence-corrected chi connectivity index (χ3v) is 4.10. The van der Waals surface area contributed by atoms with Crippen LogP contribution in [0.3, 0.4) is 0 Å². The van der Waals surface area contributed by atoms with E-state index in [4.69, 9.17) is 11.6 Å². The summed E-state index contributed by atoms with van der Waals surface area (Å²) in [5, 5.41) is 10.9. The predicted molar refractivity (Wildman–Crippen MR) is 89.1 cm³/mol. The fraction of sp³-hybridized carbons (Fsp3) is 0.111. The van der Waals surface area contributed by atoms with Crippen LogP contribution in [0.2, 0.25) is 5.02 Å². The lowest BCUT2D eigenvalue weighted by Crippen LogP contribution is -2.16. The first-order valence-corrected chi connectivity index (χ1v) is 7.51. The molecule has 0 saturated heterocycles. The number of fused-ring (bicyclic) bond motifs is 1. The summed E-state index contributed by atoms with van der Waals surface area (Å²) in [6, 6.07) is 13.9. The summed E-state index contributed by atoms with van der Waals surface area (Å²) >= 11 is 5.81. The maximum Gasteiger partial charge on any atom is 0.311 e. The van der Waals surface area contributed by atoms with Crippen LogP contribution in [0.25, 0.3) is 10.9 Å². The molecule has 0 fully saturated rings. The van der Waals surface area contributed by atoms with Gasteiger partial charge in [0.1, 0.15) is 0 Å². The molecule has 0 aliphatic heterocycles. The third kappa shape index (κ3) is 3.12. The van der Waals surface area contributed by atoms with Crippen LogP contribution in [-0.2, 0) is 4.79 Å². The van der Waals surface area contributed by atoms with Crippen LogP contribution < -0.4 is 0 Å². The second-order valence-corrected chi connectivity index (χ2v) is 5.75. The number of halogens is 1. The van der Waals surface area contributed by atoms with Gasteiger partial charge in [-0.2, -0.15) is 0 Å². The van der Waals surface area contributed by atoms with Crippen molar-refractivity contribution >= 4 is 34.3 Å². The lowest BCUT2D eigenvalue weighted by molar-refractivity contribution is -0.138. The van der Waals surface area contributed by atoms with E-state index in [0.717, 1.165) is 10.9 Å². The maximum absolute atomic E-state index is 12.4. The lowest BCUT2D eigenvalue weighted by atomic mass is 9.91. The Bertz CT molecular complexity index is 867. The van der Waals surface area contributed by atoms with Crippen molar-refractivity contribution in [2.75, 3.05) is 0 Å². The molecule has 0 amide bonds. The standard InChI is InChI=1S/C18H14ClNO3/c19-12-7-5-11(6-8-12)17(21)9-14(18(22)23)15-10-20-16-4-2-1-3-13(15)16/h1-8,10,14,20H,9H2,(H,22,23). The minimum absolute atomic E-state index is 0.0984. The van der Waals surface area contributed by atoms with Gasteiger partial charge in [0.15, 0.2) is 5.78 Å². The number of carboxylic acid groups (broad SMARTS) is 1. The summed E-state index contributed by atoms with van der Waals surface area (Å²) in [4.78, 5) is 27.1. The van der Waals surface area contributed by atoms with Gasteiger partial charge in [-0.1, -0.05) is 29.8 Å². The number of Topliss-reactive ketones (excluding diaryl/α,β-unsaturated/α-hetero) is 1. The molecule has 3 aromatic rings. The van der Waals surface area contributed by atoms with E-state index < -0.39 is 11.9 Å². The highest BCUT2D eigenvalue weighted by molar-refractivity contribution is 6.30. The van der Waals surface area contributed by atoms with E-state index in [1.54, 1.807) is 30.5 Å². The number of ketones is 1. The average molecular weight is 328 g/mol. The van der Waals surface area contributed by atoms with E-state index >= 15 is 0 Å². The molecular formula is C18H14ClNO3. The van der Waals surface area contributed by atoms with Crippen molar-refractivity contribution in [3.63, 3.8) is 0 Å². The molecule has 0 spiro atoms. The van der Waals surface area contributed by atoms with Crippen LogP contribution in [0, 0.1) is 0 Å². The number of para-hydroxylation sites is 1. The van der Waals surface area contributed by atoms with Gasteiger partial charge < -0.3 is 10.1 Å². The Kier molecular flexibility index (Phi) is 4.17. The molecule has 0 radical (unpaired) electrons. The molecule has 0 bridgehead atoms. The number of hydrogen-bond acceptors (Lipinski definition) is 2. The SMILES string of the molecule is O=C(CC(C(=O)O)c1c[nH]c2ccccc12)c1ccc(Cl)cc1. The number of H-pyrrole nitrogens is 1. The number of carboxylic acids is 1. The number of rotatable bonds is 5. The Hall–Kier alpha value is -2.59. The van der Waals surface area contributed by atoms with Gasteiger partial charge in [0.05, 0.1) is 5.92 Å². The molecule has 3 rings (SSSR count). The quantitative estimate of drug-likeness (QED) is 0.688. The molecule has 0 aliphatic carbocycles. The number of aromatic nitrogens is 1. The Morgan fingerprint density at radius 1 is 1.09 bits per heavy atom. The van der Waals surface area contributed by atoms with Gasteiger partial charge in [-0.05, 0) is 35.9 Å². The Labute approximate surface area is 137 Å². The van der Waals surface area contributed by atoms with Gasteiger partial charge in [0.25, 0.3) is 0 Å². The maximum atomic E-state index is 12.4. The molecule has 1 atom stereocenters.